The predicted octanol–water partition coefficient (Wildman–Crippen LogP) is 2.53. The molecule has 0 unspecified atom stereocenters. The third kappa shape index (κ3) is 3.30. The smallest absolute Gasteiger partial charge is 0.251 e. The molecule has 0 spiro atoms. The minimum absolute atomic E-state index is 0.0203. The van der Waals surface area contributed by atoms with Gasteiger partial charge in [0.2, 0.25) is 0 Å². The number of hydrogen-bond donors (Lipinski definition) is 2. The molecule has 1 fully saturated rings. The molecule has 1 aliphatic carbocycles. The Morgan fingerprint density at radius 1 is 1.15 bits per heavy atom. The first-order valence-corrected chi connectivity index (χ1v) is 6.56. The normalized spacial score (nSPS) is 17.8. The molecule has 0 aliphatic heterocycles. The lowest BCUT2D eigenvalue weighted by molar-refractivity contribution is 0.00525. The summed E-state index contributed by atoms with van der Waals surface area (Å²) in [7, 11) is 0. The summed E-state index contributed by atoms with van der Waals surface area (Å²) in [5, 5.41) is 12.6. The van der Waals surface area contributed by atoms with E-state index in [1.165, 1.54) is 0 Å². The Balaban J connectivity index is 2.01. The van der Waals surface area contributed by atoms with Gasteiger partial charge in [0, 0.05) is 12.1 Å². The topological polar surface area (TPSA) is 49.3 Å². The van der Waals surface area contributed by atoms with Crippen LogP contribution in [0.25, 0.3) is 0 Å². The minimum Gasteiger partial charge on any atom is -0.388 e. The molecule has 1 aromatic rings. The van der Waals surface area contributed by atoms with Crippen molar-refractivity contribution in [2.45, 2.75) is 37.7 Å². The summed E-state index contributed by atoms with van der Waals surface area (Å²) in [4.78, 5) is 11.8. The monoisotopic (exact) mass is 287 g/mol. The van der Waals surface area contributed by atoms with E-state index in [-0.39, 0.29) is 12.1 Å². The molecule has 0 atom stereocenters. The van der Waals surface area contributed by atoms with Crippen molar-refractivity contribution < 1.29 is 23.1 Å². The lowest BCUT2D eigenvalue weighted by Crippen LogP contribution is -2.44. The van der Waals surface area contributed by atoms with Crippen LogP contribution in [-0.4, -0.2) is 23.2 Å². The number of nitrogens with one attached hydrogen (secondary N) is 1. The van der Waals surface area contributed by atoms with Crippen molar-refractivity contribution in [2.24, 2.45) is 0 Å². The van der Waals surface area contributed by atoms with Gasteiger partial charge in [0.1, 0.15) is 0 Å². The molecular weight excluding hydrogens is 271 g/mol. The molecule has 20 heavy (non-hydrogen) atoms. The summed E-state index contributed by atoms with van der Waals surface area (Å²) in [6.07, 6.45) is 3.97. The molecule has 1 saturated carbocycles. The first kappa shape index (κ1) is 14.8. The number of benzene rings is 1. The van der Waals surface area contributed by atoms with E-state index in [1.54, 1.807) is 0 Å². The van der Waals surface area contributed by atoms with E-state index in [4.69, 9.17) is 0 Å². The highest BCUT2D eigenvalue weighted by Crippen LogP contribution is 2.27. The summed E-state index contributed by atoms with van der Waals surface area (Å²) in [6.45, 7) is 0.0203. The van der Waals surface area contributed by atoms with Crippen molar-refractivity contribution >= 4 is 5.91 Å². The van der Waals surface area contributed by atoms with Gasteiger partial charge in [-0.2, -0.15) is 0 Å². The molecule has 0 bridgehead atoms. The van der Waals surface area contributed by atoms with Gasteiger partial charge in [0.25, 0.3) is 5.91 Å². The number of rotatable bonds is 3. The molecule has 1 amide bonds. The number of carbonyl (C=O) groups excluding carboxylic acids is 1. The molecule has 0 heterocycles. The van der Waals surface area contributed by atoms with E-state index in [1.807, 2.05) is 0 Å². The Kier molecular flexibility index (Phi) is 4.32. The first-order chi connectivity index (χ1) is 9.41. The highest BCUT2D eigenvalue weighted by molar-refractivity contribution is 5.94. The minimum atomic E-state index is -1.60. The Morgan fingerprint density at radius 3 is 2.25 bits per heavy atom. The van der Waals surface area contributed by atoms with Crippen LogP contribution >= 0.6 is 0 Å². The summed E-state index contributed by atoms with van der Waals surface area (Å²) >= 11 is 0. The molecule has 2 N–H and O–H groups in total. The summed E-state index contributed by atoms with van der Waals surface area (Å²) in [5.41, 5.74) is -1.27. The Bertz CT molecular complexity index is 490. The molecule has 1 aliphatic rings. The number of halogens is 3. The van der Waals surface area contributed by atoms with Crippen molar-refractivity contribution in [2.75, 3.05) is 6.54 Å². The zero-order chi connectivity index (χ0) is 14.8. The summed E-state index contributed by atoms with van der Waals surface area (Å²) in [5.74, 6) is -5.16. The molecule has 2 rings (SSSR count). The van der Waals surface area contributed by atoms with Crippen molar-refractivity contribution in [3.8, 4) is 0 Å². The molecule has 110 valence electrons. The van der Waals surface area contributed by atoms with E-state index in [0.29, 0.717) is 25.0 Å². The van der Waals surface area contributed by atoms with Gasteiger partial charge in [-0.25, -0.2) is 13.2 Å². The fourth-order valence-corrected chi connectivity index (χ4v) is 2.42. The van der Waals surface area contributed by atoms with Crippen LogP contribution in [0, 0.1) is 17.5 Å². The Morgan fingerprint density at radius 2 is 1.70 bits per heavy atom. The molecule has 0 radical (unpaired) electrons. The molecule has 6 heteroatoms. The van der Waals surface area contributed by atoms with Crippen LogP contribution in [0.15, 0.2) is 12.1 Å². The third-order valence-corrected chi connectivity index (χ3v) is 3.61. The molecule has 3 nitrogen and oxygen atoms in total. The maximum absolute atomic E-state index is 13.0. The number of aliphatic hydroxyl groups is 1. The zero-order valence-electron chi connectivity index (χ0n) is 10.9. The van der Waals surface area contributed by atoms with Gasteiger partial charge in [-0.05, 0) is 25.0 Å². The maximum atomic E-state index is 13.0. The van der Waals surface area contributed by atoms with E-state index >= 15 is 0 Å². The van der Waals surface area contributed by atoms with Crippen LogP contribution in [0.3, 0.4) is 0 Å². The second kappa shape index (κ2) is 5.83. The van der Waals surface area contributed by atoms with Crippen molar-refractivity contribution in [1.29, 1.82) is 0 Å². The van der Waals surface area contributed by atoms with Gasteiger partial charge >= 0.3 is 0 Å². The number of hydrogen-bond acceptors (Lipinski definition) is 2. The van der Waals surface area contributed by atoms with Crippen molar-refractivity contribution in [3.63, 3.8) is 0 Å². The fourth-order valence-electron chi connectivity index (χ4n) is 2.42. The van der Waals surface area contributed by atoms with Crippen LogP contribution < -0.4 is 5.32 Å². The van der Waals surface area contributed by atoms with Crippen molar-refractivity contribution in [3.05, 3.63) is 35.1 Å². The summed E-state index contributed by atoms with van der Waals surface area (Å²) < 4.78 is 38.8. The number of amides is 1. The molecule has 0 saturated heterocycles. The lowest BCUT2D eigenvalue weighted by atomic mass is 9.85. The van der Waals surface area contributed by atoms with E-state index in [9.17, 15) is 23.1 Å². The predicted molar refractivity (Wildman–Crippen MR) is 66.7 cm³/mol. The SMILES string of the molecule is O=C(NCC1(O)CCCCC1)c1cc(F)c(F)c(F)c1. The fraction of sp³-hybridized carbons (Fsp3) is 0.500. The van der Waals surface area contributed by atoms with Crippen molar-refractivity contribution in [1.82, 2.24) is 5.32 Å². The highest BCUT2D eigenvalue weighted by atomic mass is 19.2. The second-order valence-electron chi connectivity index (χ2n) is 5.22. The van der Waals surface area contributed by atoms with Crippen LogP contribution in [0.4, 0.5) is 13.2 Å². The van der Waals surface area contributed by atoms with E-state index in [2.05, 4.69) is 5.32 Å². The molecule has 0 aromatic heterocycles. The molecule has 1 aromatic carbocycles. The van der Waals surface area contributed by atoms with Gasteiger partial charge in [-0.15, -0.1) is 0 Å². The van der Waals surface area contributed by atoms with Gasteiger partial charge < -0.3 is 10.4 Å². The average Bonchev–Trinajstić information content (AvgIpc) is 2.42. The Hall–Kier alpha value is -1.56. The van der Waals surface area contributed by atoms with Gasteiger partial charge in [0.05, 0.1) is 5.60 Å². The van der Waals surface area contributed by atoms with Gasteiger partial charge in [-0.3, -0.25) is 4.79 Å². The Labute approximate surface area is 114 Å². The standard InChI is InChI=1S/C14H16F3NO2/c15-10-6-9(7-11(16)12(10)17)13(19)18-8-14(20)4-2-1-3-5-14/h6-7,20H,1-5,8H2,(H,18,19). The first-order valence-electron chi connectivity index (χ1n) is 6.56. The zero-order valence-corrected chi connectivity index (χ0v) is 10.9. The van der Waals surface area contributed by atoms with Gasteiger partial charge in [-0.1, -0.05) is 19.3 Å². The van der Waals surface area contributed by atoms with E-state index in [0.717, 1.165) is 19.3 Å². The third-order valence-electron chi connectivity index (χ3n) is 3.61. The second-order valence-corrected chi connectivity index (χ2v) is 5.22. The van der Waals surface area contributed by atoms with Crippen LogP contribution in [0.1, 0.15) is 42.5 Å². The van der Waals surface area contributed by atoms with Crippen LogP contribution in [-0.2, 0) is 0 Å². The van der Waals surface area contributed by atoms with Crippen LogP contribution in [0.5, 0.6) is 0 Å². The maximum Gasteiger partial charge on any atom is 0.251 e. The average molecular weight is 287 g/mol. The lowest BCUT2D eigenvalue weighted by Gasteiger charge is -2.32. The quantitative estimate of drug-likeness (QED) is 0.839. The van der Waals surface area contributed by atoms with E-state index < -0.39 is 29.0 Å². The van der Waals surface area contributed by atoms with Gasteiger partial charge in [0.15, 0.2) is 17.5 Å². The highest BCUT2D eigenvalue weighted by Gasteiger charge is 2.29. The summed E-state index contributed by atoms with van der Waals surface area (Å²) in [6, 6.07) is 1.28. The largest absolute Gasteiger partial charge is 0.388 e. The number of carbonyl (C=O) groups is 1. The molecular formula is C14H16F3NO2. The van der Waals surface area contributed by atoms with Crippen LogP contribution in [0.2, 0.25) is 0 Å².